The molecule has 0 aliphatic carbocycles. The van der Waals surface area contributed by atoms with Crippen LogP contribution in [0.25, 0.3) is 32.2 Å². The molecule has 2 fully saturated rings. The van der Waals surface area contributed by atoms with Crippen LogP contribution in [0.15, 0.2) is 46.8 Å². The van der Waals surface area contributed by atoms with Crippen LogP contribution in [0.5, 0.6) is 0 Å². The third kappa shape index (κ3) is 5.78. The summed E-state index contributed by atoms with van der Waals surface area (Å²) >= 11 is 7.65. The number of fused-ring (bicyclic) bond motifs is 2. The number of aromatic carboxylic acids is 1. The average molecular weight is 700 g/mol. The molecule has 6 heterocycles. The summed E-state index contributed by atoms with van der Waals surface area (Å²) in [6.45, 7) is 3.13. The second-order valence-electron chi connectivity index (χ2n) is 12.2. The van der Waals surface area contributed by atoms with E-state index in [-0.39, 0.29) is 35.1 Å². The van der Waals surface area contributed by atoms with Crippen molar-refractivity contribution in [2.75, 3.05) is 31.1 Å². The number of aromatic nitrogens is 4. The number of hydrogen-bond acceptors (Lipinski definition) is 9. The van der Waals surface area contributed by atoms with Crippen molar-refractivity contribution >= 4 is 55.8 Å². The largest absolute Gasteiger partial charge is 0.478 e. The molecule has 2 saturated heterocycles. The number of nitriles is 1. The first-order valence-corrected chi connectivity index (χ1v) is 16.8. The van der Waals surface area contributed by atoms with E-state index in [1.165, 1.54) is 22.1 Å². The Bertz CT molecular complexity index is 2320. The molecule has 10 nitrogen and oxygen atoms in total. The van der Waals surface area contributed by atoms with Gasteiger partial charge in [-0.2, -0.15) is 5.26 Å². The maximum atomic E-state index is 14.0. The van der Waals surface area contributed by atoms with Gasteiger partial charge in [0.2, 0.25) is 0 Å². The van der Waals surface area contributed by atoms with Crippen molar-refractivity contribution in [2.24, 2.45) is 0 Å². The molecule has 1 spiro atoms. The Morgan fingerprint density at radius 1 is 1.16 bits per heavy atom. The second kappa shape index (κ2) is 12.8. The van der Waals surface area contributed by atoms with Crippen LogP contribution in [0.1, 0.15) is 46.6 Å². The molecule has 248 valence electrons. The van der Waals surface area contributed by atoms with Gasteiger partial charge in [0.05, 0.1) is 46.0 Å². The Balaban J connectivity index is 1.22. The van der Waals surface area contributed by atoms with Gasteiger partial charge in [0, 0.05) is 58.5 Å². The number of carboxylic acids is 1. The van der Waals surface area contributed by atoms with E-state index in [2.05, 4.69) is 37.8 Å². The number of likely N-dealkylation sites (tertiary alicyclic amines) is 1. The highest BCUT2D eigenvalue weighted by molar-refractivity contribution is 7.18. The molecule has 0 saturated carbocycles. The Morgan fingerprint density at radius 2 is 1.94 bits per heavy atom. The smallest absolute Gasteiger partial charge is 0.338 e. The quantitative estimate of drug-likeness (QED) is 0.214. The first-order valence-electron chi connectivity index (χ1n) is 15.6. The van der Waals surface area contributed by atoms with Crippen molar-refractivity contribution in [3.63, 3.8) is 0 Å². The Hall–Kier alpha value is -4.95. The van der Waals surface area contributed by atoms with Crippen LogP contribution in [-0.2, 0) is 6.54 Å². The minimum absolute atomic E-state index is 0.0141. The summed E-state index contributed by atoms with van der Waals surface area (Å²) in [6, 6.07) is 9.23. The number of anilines is 1. The highest BCUT2D eigenvalue weighted by atomic mass is 35.5. The lowest BCUT2D eigenvalue weighted by Crippen LogP contribution is -2.65. The van der Waals surface area contributed by atoms with E-state index in [4.69, 9.17) is 11.6 Å². The molecule has 0 amide bonds. The van der Waals surface area contributed by atoms with Gasteiger partial charge in [0.1, 0.15) is 23.3 Å². The van der Waals surface area contributed by atoms with Gasteiger partial charge >= 0.3 is 5.97 Å². The molecular weight excluding hydrogens is 672 g/mol. The van der Waals surface area contributed by atoms with Crippen LogP contribution >= 0.6 is 22.9 Å². The van der Waals surface area contributed by atoms with E-state index in [1.807, 2.05) is 0 Å². The molecule has 5 aromatic rings. The van der Waals surface area contributed by atoms with Gasteiger partial charge in [0.15, 0.2) is 0 Å². The molecule has 7 rings (SSSR count). The van der Waals surface area contributed by atoms with Crippen LogP contribution in [0.3, 0.4) is 0 Å². The zero-order valence-electron chi connectivity index (χ0n) is 26.2. The lowest BCUT2D eigenvalue weighted by Gasteiger charge is -2.57. The zero-order chi connectivity index (χ0) is 34.4. The van der Waals surface area contributed by atoms with Crippen molar-refractivity contribution in [2.45, 2.75) is 44.7 Å². The van der Waals surface area contributed by atoms with Gasteiger partial charge in [-0.3, -0.25) is 19.2 Å². The lowest BCUT2D eigenvalue weighted by molar-refractivity contribution is 0.0508. The van der Waals surface area contributed by atoms with Gasteiger partial charge in [-0.05, 0) is 50.5 Å². The maximum Gasteiger partial charge on any atom is 0.338 e. The fraction of sp³-hybridized carbons (Fsp3) is 0.314. The maximum absolute atomic E-state index is 14.0. The summed E-state index contributed by atoms with van der Waals surface area (Å²) in [6.07, 6.45) is 2.87. The average Bonchev–Trinajstić information content (AvgIpc) is 3.51. The molecule has 0 atom stereocenters. The summed E-state index contributed by atoms with van der Waals surface area (Å²) in [5.74, 6) is 5.99. The molecule has 49 heavy (non-hydrogen) atoms. The third-order valence-corrected chi connectivity index (χ3v) is 10.7. The van der Waals surface area contributed by atoms with Gasteiger partial charge in [0.25, 0.3) is 12.0 Å². The molecule has 0 bridgehead atoms. The number of carbonyl (C=O) groups is 1. The molecule has 1 aromatic carbocycles. The fourth-order valence-electron chi connectivity index (χ4n) is 6.90. The summed E-state index contributed by atoms with van der Waals surface area (Å²) in [5.41, 5.74) is 2.29. The van der Waals surface area contributed by atoms with Crippen LogP contribution in [0, 0.1) is 30.1 Å². The van der Waals surface area contributed by atoms with Crippen LogP contribution in [0.2, 0.25) is 5.02 Å². The Labute approximate surface area is 288 Å². The van der Waals surface area contributed by atoms with Gasteiger partial charge in [-0.25, -0.2) is 23.5 Å². The zero-order valence-corrected chi connectivity index (χ0v) is 27.8. The van der Waals surface area contributed by atoms with E-state index in [0.717, 1.165) is 12.0 Å². The van der Waals surface area contributed by atoms with Crippen molar-refractivity contribution < 1.29 is 18.7 Å². The van der Waals surface area contributed by atoms with Crippen LogP contribution < -0.4 is 10.5 Å². The van der Waals surface area contributed by atoms with Gasteiger partial charge < -0.3 is 10.0 Å². The number of benzene rings is 1. The Kier molecular flexibility index (Phi) is 8.53. The summed E-state index contributed by atoms with van der Waals surface area (Å²) in [4.78, 5) is 43.0. The number of hydrogen-bond donors (Lipinski definition) is 1. The highest BCUT2D eigenvalue weighted by Crippen LogP contribution is 2.44. The van der Waals surface area contributed by atoms with E-state index in [9.17, 15) is 28.7 Å². The fourth-order valence-corrected chi connectivity index (χ4v) is 8.10. The SMILES string of the molecule is Cc1nc2cnc(N3CCC34CCN(CC(F)F)CC4)c(C#N)c2c(=O)n1CC#Cc1ccc(Cl)cc1-c1ccnc2c(C(=O)O)csc12. The molecule has 1 N–H and O–H groups in total. The Morgan fingerprint density at radius 3 is 2.63 bits per heavy atom. The molecule has 0 unspecified atom stereocenters. The molecule has 4 aromatic heterocycles. The highest BCUT2D eigenvalue weighted by Gasteiger charge is 2.48. The third-order valence-electron chi connectivity index (χ3n) is 9.51. The first kappa shape index (κ1) is 32.6. The molecule has 14 heteroatoms. The monoisotopic (exact) mass is 699 g/mol. The predicted octanol–water partition coefficient (Wildman–Crippen LogP) is 5.96. The van der Waals surface area contributed by atoms with E-state index in [1.54, 1.807) is 47.7 Å². The molecule has 2 aliphatic rings. The standard InChI is InChI=1S/C35H28ClF2N7O3S/c1-20-42-27-17-41-32(45-14-9-35(45)7-12-43(13-8-35)18-28(37)38)25(16-39)29(27)33(46)44(20)11-2-3-21-4-5-22(36)15-24(21)23-6-10-40-30-26(34(47)48)19-49-31(23)30/h4-6,10,15,17,19,28H,7-9,11-14,18H2,1H3,(H,47,48). The number of carboxylic acid groups (broad SMARTS) is 1. The van der Waals surface area contributed by atoms with E-state index >= 15 is 0 Å². The van der Waals surface area contributed by atoms with E-state index in [0.29, 0.717) is 76.0 Å². The van der Waals surface area contributed by atoms with Gasteiger partial charge in [-0.1, -0.05) is 23.4 Å². The number of alkyl halides is 2. The van der Waals surface area contributed by atoms with Crippen molar-refractivity contribution in [3.05, 3.63) is 79.9 Å². The normalized spacial score (nSPS) is 15.7. The summed E-state index contributed by atoms with van der Waals surface area (Å²) in [5, 5.41) is 22.1. The number of aryl methyl sites for hydroxylation is 1. The predicted molar refractivity (Wildman–Crippen MR) is 184 cm³/mol. The van der Waals surface area contributed by atoms with E-state index < -0.39 is 18.0 Å². The number of pyridine rings is 2. The minimum atomic E-state index is -2.39. The van der Waals surface area contributed by atoms with Crippen molar-refractivity contribution in [3.8, 4) is 29.0 Å². The van der Waals surface area contributed by atoms with Crippen LogP contribution in [-0.4, -0.2) is 73.6 Å². The summed E-state index contributed by atoms with van der Waals surface area (Å²) < 4.78 is 28.0. The minimum Gasteiger partial charge on any atom is -0.478 e. The van der Waals surface area contributed by atoms with Crippen LogP contribution in [0.4, 0.5) is 14.6 Å². The molecule has 0 radical (unpaired) electrons. The number of piperidine rings is 1. The molecular formula is C35H28ClF2N7O3S. The summed E-state index contributed by atoms with van der Waals surface area (Å²) in [7, 11) is 0. The lowest BCUT2D eigenvalue weighted by atomic mass is 9.76. The number of halogens is 3. The number of thiophene rings is 1. The molecule has 2 aliphatic heterocycles. The first-order chi connectivity index (χ1) is 23.6. The number of rotatable bonds is 6. The second-order valence-corrected chi connectivity index (χ2v) is 13.5. The topological polar surface area (TPSA) is 128 Å². The van der Waals surface area contributed by atoms with Gasteiger partial charge in [-0.15, -0.1) is 11.3 Å². The van der Waals surface area contributed by atoms with Crippen molar-refractivity contribution in [1.29, 1.82) is 5.26 Å². The number of nitrogens with zero attached hydrogens (tertiary/aromatic N) is 7. The van der Waals surface area contributed by atoms with Crippen molar-refractivity contribution in [1.82, 2.24) is 24.4 Å².